The number of rotatable bonds is 7. The molecule has 156 valence electrons. The number of carbonyl (C=O) groups excluding carboxylic acids is 3. The fourth-order valence-corrected chi connectivity index (χ4v) is 5.84. The van der Waals surface area contributed by atoms with Crippen LogP contribution in [0.4, 0.5) is 0 Å². The van der Waals surface area contributed by atoms with Gasteiger partial charge in [0.15, 0.2) is 12.7 Å². The summed E-state index contributed by atoms with van der Waals surface area (Å²) >= 11 is 0. The van der Waals surface area contributed by atoms with E-state index in [1.54, 1.807) is 25.1 Å². The molecule has 7 heteroatoms. The number of nitrogens with one attached hydrogen (secondary N) is 1. The van der Waals surface area contributed by atoms with Gasteiger partial charge in [-0.2, -0.15) is 0 Å². The second kappa shape index (κ2) is 7.69. The lowest BCUT2D eigenvalue weighted by Gasteiger charge is -2.57. The van der Waals surface area contributed by atoms with Crippen molar-refractivity contribution >= 4 is 17.8 Å². The third-order valence-electron chi connectivity index (χ3n) is 6.60. The minimum atomic E-state index is -0.898. The standard InChI is InChI=1S/C22H28N2O5/c1-13(29-19(25)12-28-18-5-3-2-4-17(18)20(23)26)21(27)24-22-9-14-6-15(10-22)8-16(7-14)11-22/h2-5,13-16H,6-12H2,1H3,(H2,23,26)(H,24,27)/t13-,14?,15?,16?,22?/m0/s1. The Morgan fingerprint density at radius 2 is 1.69 bits per heavy atom. The van der Waals surface area contributed by atoms with Crippen molar-refractivity contribution < 1.29 is 23.9 Å². The van der Waals surface area contributed by atoms with Crippen molar-refractivity contribution in [2.75, 3.05) is 6.61 Å². The summed E-state index contributed by atoms with van der Waals surface area (Å²) in [6, 6.07) is 6.40. The molecule has 1 atom stereocenters. The Labute approximate surface area is 170 Å². The van der Waals surface area contributed by atoms with Crippen molar-refractivity contribution in [1.29, 1.82) is 0 Å². The average molecular weight is 400 g/mol. The van der Waals surface area contributed by atoms with E-state index in [0.29, 0.717) is 0 Å². The van der Waals surface area contributed by atoms with Gasteiger partial charge in [-0.3, -0.25) is 9.59 Å². The lowest BCUT2D eigenvalue weighted by atomic mass is 9.53. The van der Waals surface area contributed by atoms with Gasteiger partial charge in [0.2, 0.25) is 0 Å². The minimum Gasteiger partial charge on any atom is -0.481 e. The monoisotopic (exact) mass is 400 g/mol. The highest BCUT2D eigenvalue weighted by atomic mass is 16.6. The lowest BCUT2D eigenvalue weighted by Crippen LogP contribution is -2.61. The highest BCUT2D eigenvalue weighted by Crippen LogP contribution is 2.55. The van der Waals surface area contributed by atoms with E-state index in [4.69, 9.17) is 15.2 Å². The zero-order valence-corrected chi connectivity index (χ0v) is 16.7. The van der Waals surface area contributed by atoms with Crippen LogP contribution in [0.3, 0.4) is 0 Å². The molecule has 4 bridgehead atoms. The normalized spacial score (nSPS) is 30.4. The molecule has 0 unspecified atom stereocenters. The average Bonchev–Trinajstić information content (AvgIpc) is 2.65. The van der Waals surface area contributed by atoms with Gasteiger partial charge in [-0.05, 0) is 75.3 Å². The first-order valence-corrected chi connectivity index (χ1v) is 10.4. The van der Waals surface area contributed by atoms with E-state index in [-0.39, 0.29) is 22.8 Å². The number of ether oxygens (including phenoxy) is 2. The fraction of sp³-hybridized carbons (Fsp3) is 0.591. The summed E-state index contributed by atoms with van der Waals surface area (Å²) in [6.45, 7) is 1.17. The zero-order valence-electron chi connectivity index (χ0n) is 16.7. The van der Waals surface area contributed by atoms with Gasteiger partial charge in [-0.1, -0.05) is 12.1 Å². The van der Waals surface area contributed by atoms with Crippen LogP contribution in [0.25, 0.3) is 0 Å². The van der Waals surface area contributed by atoms with E-state index in [2.05, 4.69) is 5.32 Å². The Balaban J connectivity index is 1.29. The zero-order chi connectivity index (χ0) is 20.6. The van der Waals surface area contributed by atoms with E-state index in [1.165, 1.54) is 25.3 Å². The SMILES string of the molecule is C[C@H](OC(=O)COc1ccccc1C(N)=O)C(=O)NC12CC3CC(CC(C3)C1)C2. The molecule has 0 spiro atoms. The molecule has 4 aliphatic rings. The predicted octanol–water partition coefficient (Wildman–Crippen LogP) is 2.18. The first kappa shape index (κ1) is 19.7. The number of hydrogen-bond donors (Lipinski definition) is 2. The quantitative estimate of drug-likeness (QED) is 0.682. The predicted molar refractivity (Wildman–Crippen MR) is 105 cm³/mol. The van der Waals surface area contributed by atoms with Crippen LogP contribution in [0.15, 0.2) is 24.3 Å². The molecular weight excluding hydrogens is 372 g/mol. The van der Waals surface area contributed by atoms with Gasteiger partial charge in [0.25, 0.3) is 11.8 Å². The molecular formula is C22H28N2O5. The van der Waals surface area contributed by atoms with E-state index in [9.17, 15) is 14.4 Å². The van der Waals surface area contributed by atoms with Crippen molar-refractivity contribution in [3.8, 4) is 5.75 Å². The van der Waals surface area contributed by atoms with Crippen LogP contribution < -0.4 is 15.8 Å². The number of primary amides is 1. The molecule has 0 aliphatic heterocycles. The van der Waals surface area contributed by atoms with E-state index in [0.717, 1.165) is 37.0 Å². The molecule has 4 saturated carbocycles. The first-order valence-electron chi connectivity index (χ1n) is 10.4. The van der Waals surface area contributed by atoms with Gasteiger partial charge in [0, 0.05) is 5.54 Å². The van der Waals surface area contributed by atoms with Crippen LogP contribution in [0.1, 0.15) is 55.8 Å². The molecule has 0 aromatic heterocycles. The summed E-state index contributed by atoms with van der Waals surface area (Å²) in [4.78, 5) is 36.2. The summed E-state index contributed by atoms with van der Waals surface area (Å²) in [5, 5.41) is 3.21. The highest BCUT2D eigenvalue weighted by Gasteiger charge is 2.51. The summed E-state index contributed by atoms with van der Waals surface area (Å²) in [7, 11) is 0. The molecule has 1 aromatic rings. The molecule has 7 nitrogen and oxygen atoms in total. The number of esters is 1. The summed E-state index contributed by atoms with van der Waals surface area (Å²) < 4.78 is 10.6. The van der Waals surface area contributed by atoms with Crippen LogP contribution in [-0.2, 0) is 14.3 Å². The van der Waals surface area contributed by atoms with Crippen molar-refractivity contribution in [3.63, 3.8) is 0 Å². The maximum Gasteiger partial charge on any atom is 0.344 e. The lowest BCUT2D eigenvalue weighted by molar-refractivity contribution is -0.158. The molecule has 29 heavy (non-hydrogen) atoms. The van der Waals surface area contributed by atoms with Gasteiger partial charge < -0.3 is 20.5 Å². The van der Waals surface area contributed by atoms with E-state index in [1.807, 2.05) is 0 Å². The fourth-order valence-electron chi connectivity index (χ4n) is 5.84. The van der Waals surface area contributed by atoms with Crippen LogP contribution in [0.5, 0.6) is 5.75 Å². The maximum absolute atomic E-state index is 12.7. The number of carbonyl (C=O) groups is 3. The molecule has 5 rings (SSSR count). The molecule has 0 heterocycles. The molecule has 0 saturated heterocycles. The molecule has 4 fully saturated rings. The smallest absolute Gasteiger partial charge is 0.344 e. The second-order valence-corrected chi connectivity index (χ2v) is 8.97. The third-order valence-corrected chi connectivity index (χ3v) is 6.60. The molecule has 2 amide bonds. The molecule has 4 aliphatic carbocycles. The van der Waals surface area contributed by atoms with Crippen molar-refractivity contribution in [2.24, 2.45) is 23.5 Å². The summed E-state index contributed by atoms with van der Waals surface area (Å²) in [6.07, 6.45) is 6.11. The molecule has 0 radical (unpaired) electrons. The Morgan fingerprint density at radius 1 is 1.10 bits per heavy atom. The maximum atomic E-state index is 12.7. The Hall–Kier alpha value is -2.57. The largest absolute Gasteiger partial charge is 0.481 e. The van der Waals surface area contributed by atoms with Crippen molar-refractivity contribution in [1.82, 2.24) is 5.32 Å². The number of hydrogen-bond acceptors (Lipinski definition) is 5. The topological polar surface area (TPSA) is 108 Å². The van der Waals surface area contributed by atoms with E-state index < -0.39 is 24.6 Å². The van der Waals surface area contributed by atoms with E-state index >= 15 is 0 Å². The third kappa shape index (κ3) is 4.23. The number of benzene rings is 1. The number of para-hydroxylation sites is 1. The van der Waals surface area contributed by atoms with Gasteiger partial charge in [0.1, 0.15) is 5.75 Å². The second-order valence-electron chi connectivity index (χ2n) is 8.97. The Kier molecular flexibility index (Phi) is 5.23. The van der Waals surface area contributed by atoms with Gasteiger partial charge in [-0.25, -0.2) is 4.79 Å². The van der Waals surface area contributed by atoms with Crippen LogP contribution in [0.2, 0.25) is 0 Å². The molecule has 1 aromatic carbocycles. The number of amides is 2. The highest BCUT2D eigenvalue weighted by molar-refractivity contribution is 5.95. The Bertz CT molecular complexity index is 786. The van der Waals surface area contributed by atoms with Crippen LogP contribution in [-0.4, -0.2) is 36.0 Å². The Morgan fingerprint density at radius 3 is 2.28 bits per heavy atom. The summed E-state index contributed by atoms with van der Waals surface area (Å²) in [5.41, 5.74) is 5.36. The first-order chi connectivity index (χ1) is 13.8. The van der Waals surface area contributed by atoms with Crippen molar-refractivity contribution in [3.05, 3.63) is 29.8 Å². The van der Waals surface area contributed by atoms with Crippen LogP contribution >= 0.6 is 0 Å². The van der Waals surface area contributed by atoms with Crippen LogP contribution in [0, 0.1) is 17.8 Å². The van der Waals surface area contributed by atoms with Gasteiger partial charge >= 0.3 is 5.97 Å². The number of nitrogens with two attached hydrogens (primary N) is 1. The summed E-state index contributed by atoms with van der Waals surface area (Å²) in [5.74, 6) is 0.810. The minimum absolute atomic E-state index is 0.122. The molecule has 3 N–H and O–H groups in total. The van der Waals surface area contributed by atoms with Gasteiger partial charge in [-0.15, -0.1) is 0 Å². The van der Waals surface area contributed by atoms with Gasteiger partial charge in [0.05, 0.1) is 5.56 Å². The van der Waals surface area contributed by atoms with Crippen molar-refractivity contribution in [2.45, 2.75) is 57.1 Å².